The minimum absolute atomic E-state index is 0.205. The van der Waals surface area contributed by atoms with Gasteiger partial charge in [0.25, 0.3) is 0 Å². The highest BCUT2D eigenvalue weighted by molar-refractivity contribution is 6.30. The number of hydrogen-bond acceptors (Lipinski definition) is 3. The molecule has 0 saturated carbocycles. The highest BCUT2D eigenvalue weighted by Gasteiger charge is 2.31. The average Bonchev–Trinajstić information content (AvgIpc) is 2.61. The van der Waals surface area contributed by atoms with E-state index in [0.29, 0.717) is 5.84 Å². The Morgan fingerprint density at radius 1 is 1.13 bits per heavy atom. The third-order valence-corrected chi connectivity index (χ3v) is 4.47. The molecule has 0 bridgehead atoms. The maximum Gasteiger partial charge on any atom is 0.0984 e. The molecule has 0 spiro atoms. The molecule has 2 aromatic rings. The predicted octanol–water partition coefficient (Wildman–Crippen LogP) is 4.36. The van der Waals surface area contributed by atoms with Gasteiger partial charge in [0.05, 0.1) is 23.4 Å². The molecule has 1 aliphatic heterocycles. The molecular weight excluding hydrogens is 308 g/mol. The number of amidine groups is 1. The van der Waals surface area contributed by atoms with Gasteiger partial charge in [-0.05, 0) is 50.2 Å². The number of nitrogens with two attached hydrogens (primary N) is 1. The van der Waals surface area contributed by atoms with Crippen LogP contribution in [0.2, 0.25) is 5.02 Å². The number of anilines is 3. The molecule has 3 rings (SSSR count). The van der Waals surface area contributed by atoms with Crippen molar-refractivity contribution < 1.29 is 0 Å². The Kier molecular flexibility index (Phi) is 4.28. The SMILES string of the molecule is CC(=N)N1c2ccccc2N(c2ccc(Cl)cc2)C(C)CC1N. The monoisotopic (exact) mass is 328 g/mol. The molecule has 2 atom stereocenters. The Labute approximate surface area is 142 Å². The highest BCUT2D eigenvalue weighted by atomic mass is 35.5. The number of fused-ring (bicyclic) bond motifs is 1. The summed E-state index contributed by atoms with van der Waals surface area (Å²) in [5, 5.41) is 8.84. The van der Waals surface area contributed by atoms with Crippen LogP contribution in [0.25, 0.3) is 0 Å². The Bertz CT molecular complexity index is 713. The van der Waals surface area contributed by atoms with Crippen molar-refractivity contribution in [3.8, 4) is 0 Å². The van der Waals surface area contributed by atoms with Crippen molar-refractivity contribution in [2.24, 2.45) is 5.73 Å². The quantitative estimate of drug-likeness (QED) is 0.604. The van der Waals surface area contributed by atoms with E-state index in [0.717, 1.165) is 28.5 Å². The molecule has 2 unspecified atom stereocenters. The van der Waals surface area contributed by atoms with Crippen molar-refractivity contribution in [3.05, 3.63) is 53.6 Å². The number of benzene rings is 2. The molecule has 0 aromatic heterocycles. The van der Waals surface area contributed by atoms with E-state index >= 15 is 0 Å². The number of para-hydroxylation sites is 2. The summed E-state index contributed by atoms with van der Waals surface area (Å²) in [6.07, 6.45) is 0.536. The van der Waals surface area contributed by atoms with Crippen molar-refractivity contribution in [2.75, 3.05) is 9.80 Å². The number of nitrogens with one attached hydrogen (secondary N) is 1. The lowest BCUT2D eigenvalue weighted by Crippen LogP contribution is -2.45. The molecule has 0 saturated heterocycles. The second kappa shape index (κ2) is 6.22. The summed E-state index contributed by atoms with van der Waals surface area (Å²) in [6, 6.07) is 16.1. The zero-order valence-electron chi connectivity index (χ0n) is 13.3. The number of nitrogens with zero attached hydrogens (tertiary/aromatic N) is 2. The van der Waals surface area contributed by atoms with Gasteiger partial charge in [0.2, 0.25) is 0 Å². The van der Waals surface area contributed by atoms with Gasteiger partial charge in [-0.25, -0.2) is 0 Å². The standard InChI is InChI=1S/C18H21ClN4/c1-12-11-18(21)23(13(2)20)17-6-4-3-5-16(17)22(12)15-9-7-14(19)8-10-15/h3-10,12,18,20H,11,21H2,1-2H3. The first-order chi connectivity index (χ1) is 11.0. The molecule has 0 amide bonds. The lowest BCUT2D eigenvalue weighted by atomic mass is 10.1. The first-order valence-corrected chi connectivity index (χ1v) is 8.10. The minimum Gasteiger partial charge on any atom is -0.337 e. The van der Waals surface area contributed by atoms with E-state index in [2.05, 4.69) is 17.9 Å². The smallest absolute Gasteiger partial charge is 0.0984 e. The molecule has 5 heteroatoms. The summed E-state index contributed by atoms with van der Waals surface area (Å²) in [5.74, 6) is 0.454. The van der Waals surface area contributed by atoms with Crippen LogP contribution in [0.1, 0.15) is 20.3 Å². The Morgan fingerprint density at radius 2 is 1.74 bits per heavy atom. The fourth-order valence-corrected chi connectivity index (χ4v) is 3.40. The van der Waals surface area contributed by atoms with Crippen molar-refractivity contribution in [1.82, 2.24) is 0 Å². The van der Waals surface area contributed by atoms with Crippen LogP contribution < -0.4 is 15.5 Å². The number of halogens is 1. The van der Waals surface area contributed by atoms with Gasteiger partial charge in [-0.15, -0.1) is 0 Å². The first-order valence-electron chi connectivity index (χ1n) is 7.73. The molecule has 2 aromatic carbocycles. The van der Waals surface area contributed by atoms with Gasteiger partial charge in [-0.1, -0.05) is 23.7 Å². The molecule has 0 fully saturated rings. The van der Waals surface area contributed by atoms with E-state index in [1.807, 2.05) is 47.4 Å². The van der Waals surface area contributed by atoms with Gasteiger partial charge < -0.3 is 15.5 Å². The summed E-state index contributed by atoms with van der Waals surface area (Å²) in [6.45, 7) is 3.94. The van der Waals surface area contributed by atoms with Gasteiger partial charge in [-0.3, -0.25) is 5.41 Å². The van der Waals surface area contributed by atoms with E-state index in [4.69, 9.17) is 22.7 Å². The molecular formula is C18H21ClN4. The Balaban J connectivity index is 2.17. The maximum absolute atomic E-state index is 8.12. The van der Waals surface area contributed by atoms with E-state index in [9.17, 15) is 0 Å². The van der Waals surface area contributed by atoms with Crippen LogP contribution in [0.5, 0.6) is 0 Å². The van der Waals surface area contributed by atoms with Crippen molar-refractivity contribution in [3.63, 3.8) is 0 Å². The molecule has 1 aliphatic rings. The fraction of sp³-hybridized carbons (Fsp3) is 0.278. The van der Waals surface area contributed by atoms with E-state index in [1.165, 1.54) is 0 Å². The molecule has 0 radical (unpaired) electrons. The lowest BCUT2D eigenvalue weighted by molar-refractivity contribution is 0.562. The van der Waals surface area contributed by atoms with Gasteiger partial charge in [0.1, 0.15) is 0 Å². The molecule has 0 aliphatic carbocycles. The van der Waals surface area contributed by atoms with Crippen LogP contribution in [0.4, 0.5) is 17.1 Å². The van der Waals surface area contributed by atoms with Crippen LogP contribution in [0.15, 0.2) is 48.5 Å². The number of hydrogen-bond donors (Lipinski definition) is 2. The van der Waals surface area contributed by atoms with E-state index in [1.54, 1.807) is 6.92 Å². The molecule has 120 valence electrons. The molecule has 4 nitrogen and oxygen atoms in total. The maximum atomic E-state index is 8.12. The van der Waals surface area contributed by atoms with Crippen LogP contribution in [-0.4, -0.2) is 18.0 Å². The van der Waals surface area contributed by atoms with Crippen molar-refractivity contribution in [1.29, 1.82) is 5.41 Å². The van der Waals surface area contributed by atoms with E-state index < -0.39 is 0 Å². The molecule has 1 heterocycles. The van der Waals surface area contributed by atoms with Crippen LogP contribution in [-0.2, 0) is 0 Å². The van der Waals surface area contributed by atoms with Gasteiger partial charge in [-0.2, -0.15) is 0 Å². The fourth-order valence-electron chi connectivity index (χ4n) is 3.27. The third kappa shape index (κ3) is 2.92. The summed E-state index contributed by atoms with van der Waals surface area (Å²) in [7, 11) is 0. The topological polar surface area (TPSA) is 56.4 Å². The van der Waals surface area contributed by atoms with Gasteiger partial charge >= 0.3 is 0 Å². The number of rotatable bonds is 1. The normalized spacial score (nSPS) is 20.9. The largest absolute Gasteiger partial charge is 0.337 e. The summed E-state index contributed by atoms with van der Waals surface area (Å²) in [4.78, 5) is 4.18. The zero-order chi connectivity index (χ0) is 16.6. The first kappa shape index (κ1) is 15.8. The third-order valence-electron chi connectivity index (χ3n) is 4.22. The van der Waals surface area contributed by atoms with Crippen LogP contribution in [0, 0.1) is 5.41 Å². The Hall–Kier alpha value is -2.04. The van der Waals surface area contributed by atoms with Crippen LogP contribution >= 0.6 is 11.6 Å². The zero-order valence-corrected chi connectivity index (χ0v) is 14.1. The average molecular weight is 329 g/mol. The summed E-state index contributed by atoms with van der Waals surface area (Å²) in [5.41, 5.74) is 9.48. The highest BCUT2D eigenvalue weighted by Crippen LogP contribution is 2.40. The van der Waals surface area contributed by atoms with Crippen molar-refractivity contribution >= 4 is 34.5 Å². The molecule has 3 N–H and O–H groups in total. The van der Waals surface area contributed by atoms with Crippen molar-refractivity contribution in [2.45, 2.75) is 32.5 Å². The van der Waals surface area contributed by atoms with E-state index in [-0.39, 0.29) is 12.2 Å². The second-order valence-corrected chi connectivity index (χ2v) is 6.38. The second-order valence-electron chi connectivity index (χ2n) is 5.94. The molecule has 23 heavy (non-hydrogen) atoms. The lowest BCUT2D eigenvalue weighted by Gasteiger charge is -2.30. The summed E-state index contributed by atoms with van der Waals surface area (Å²) >= 11 is 6.03. The van der Waals surface area contributed by atoms with Gasteiger partial charge in [0.15, 0.2) is 0 Å². The minimum atomic E-state index is -0.221. The Morgan fingerprint density at radius 3 is 2.35 bits per heavy atom. The van der Waals surface area contributed by atoms with Gasteiger partial charge in [0, 0.05) is 23.2 Å². The summed E-state index contributed by atoms with van der Waals surface area (Å²) < 4.78 is 0. The predicted molar refractivity (Wildman–Crippen MR) is 98.0 cm³/mol. The van der Waals surface area contributed by atoms with Crippen LogP contribution in [0.3, 0.4) is 0 Å².